The molecule has 3 heterocycles. The van der Waals surface area contributed by atoms with Crippen LogP contribution in [-0.2, 0) is 22.4 Å². The summed E-state index contributed by atoms with van der Waals surface area (Å²) >= 11 is 0. The Morgan fingerprint density at radius 3 is 2.17 bits per heavy atom. The summed E-state index contributed by atoms with van der Waals surface area (Å²) in [5, 5.41) is 39.7. The molecule has 0 unspecified atom stereocenters. The molecule has 294 valence electrons. The van der Waals surface area contributed by atoms with Crippen molar-refractivity contribution in [3.05, 3.63) is 57.7 Å². The molecular formula is C42H59N5O7. The van der Waals surface area contributed by atoms with Gasteiger partial charge in [-0.2, -0.15) is 5.26 Å². The first-order valence-corrected chi connectivity index (χ1v) is 19.5. The number of aryl methyl sites for hydroxylation is 2. The van der Waals surface area contributed by atoms with Gasteiger partial charge in [-0.1, -0.05) is 69.7 Å². The molecule has 0 spiro atoms. The molecule has 5 rings (SSSR count). The minimum Gasteiger partial charge on any atom is -0.504 e. The number of nitrogens with one attached hydrogen (secondary N) is 2. The Morgan fingerprint density at radius 2 is 1.54 bits per heavy atom. The number of ether oxygens (including phenoxy) is 3. The number of nitrogens with zero attached hydrogens (tertiary/aromatic N) is 3. The fourth-order valence-electron chi connectivity index (χ4n) is 8.97. The molecule has 2 amide bonds. The normalized spacial score (nSPS) is 22.4. The Morgan fingerprint density at radius 1 is 0.944 bits per heavy atom. The number of likely N-dealkylation sites (N-methyl/N-ethyl adjacent to an activating group) is 1. The maximum absolute atomic E-state index is 13.5. The molecule has 0 aliphatic carbocycles. The van der Waals surface area contributed by atoms with Crippen molar-refractivity contribution in [1.29, 1.82) is 5.26 Å². The van der Waals surface area contributed by atoms with Crippen molar-refractivity contribution in [3.63, 3.8) is 0 Å². The van der Waals surface area contributed by atoms with Crippen LogP contribution in [0.5, 0.6) is 23.0 Å². The van der Waals surface area contributed by atoms with Gasteiger partial charge in [-0.25, -0.2) is 4.79 Å². The number of piperazine rings is 1. The molecule has 2 bridgehead atoms. The average molecular weight is 746 g/mol. The van der Waals surface area contributed by atoms with E-state index < -0.39 is 30.1 Å². The van der Waals surface area contributed by atoms with Crippen molar-refractivity contribution in [2.45, 2.75) is 128 Å². The first-order valence-electron chi connectivity index (χ1n) is 19.5. The zero-order chi connectivity index (χ0) is 39.1. The molecule has 12 nitrogen and oxygen atoms in total. The number of unbranched alkanes of at least 4 members (excludes halogenated alkanes) is 7. The molecule has 0 saturated carbocycles. The number of hydrogen-bond donors (Lipinski definition) is 4. The van der Waals surface area contributed by atoms with Gasteiger partial charge in [0.2, 0.25) is 5.91 Å². The summed E-state index contributed by atoms with van der Waals surface area (Å²) in [4.78, 5) is 30.4. The SMILES string of the molecule is CCCCCCCCC/C=C/COC(=O)N[C@@H](C)C(=O)NC[C@H]1c2c(cc(C)c(OC)c2O)C[C@H]2[C@H]3c4c(cc(C)c(OC)c4O)C[C@@H]([C@H](C#N)N12)N3C. The summed E-state index contributed by atoms with van der Waals surface area (Å²) < 4.78 is 16.5. The predicted octanol–water partition coefficient (Wildman–Crippen LogP) is 6.43. The van der Waals surface area contributed by atoms with Gasteiger partial charge >= 0.3 is 6.09 Å². The Labute approximate surface area is 320 Å². The van der Waals surface area contributed by atoms with Crippen LogP contribution in [0.1, 0.15) is 111 Å². The lowest BCUT2D eigenvalue weighted by molar-refractivity contribution is -0.123. The Balaban J connectivity index is 1.32. The van der Waals surface area contributed by atoms with Crippen LogP contribution in [-0.4, -0.2) is 90.6 Å². The van der Waals surface area contributed by atoms with E-state index in [1.165, 1.54) is 45.6 Å². The van der Waals surface area contributed by atoms with Crippen molar-refractivity contribution < 1.29 is 34.0 Å². The Bertz CT molecular complexity index is 1740. The molecule has 0 radical (unpaired) electrons. The fraction of sp³-hybridized carbons (Fsp3) is 0.595. The summed E-state index contributed by atoms with van der Waals surface area (Å²) in [5.74, 6) is 0.394. The number of carbonyl (C=O) groups is 2. The number of aromatic hydroxyl groups is 2. The van der Waals surface area contributed by atoms with E-state index in [0.717, 1.165) is 40.7 Å². The number of carbonyl (C=O) groups excluding carboxylic acids is 2. The maximum atomic E-state index is 13.5. The topological polar surface area (TPSA) is 157 Å². The van der Waals surface area contributed by atoms with Crippen molar-refractivity contribution in [3.8, 4) is 29.1 Å². The van der Waals surface area contributed by atoms with Gasteiger partial charge in [0.25, 0.3) is 0 Å². The van der Waals surface area contributed by atoms with Crippen LogP contribution in [0.15, 0.2) is 24.3 Å². The molecule has 54 heavy (non-hydrogen) atoms. The van der Waals surface area contributed by atoms with E-state index in [0.29, 0.717) is 29.9 Å². The number of nitriles is 1. The van der Waals surface area contributed by atoms with Gasteiger partial charge in [0.1, 0.15) is 18.7 Å². The highest BCUT2D eigenvalue weighted by molar-refractivity contribution is 5.85. The lowest BCUT2D eigenvalue weighted by atomic mass is 9.72. The lowest BCUT2D eigenvalue weighted by Crippen LogP contribution is -2.68. The number of alkyl carbamates (subject to hydrolysis) is 1. The monoisotopic (exact) mass is 745 g/mol. The Hall–Kier alpha value is -4.47. The van der Waals surface area contributed by atoms with Crippen LogP contribution in [0.25, 0.3) is 0 Å². The summed E-state index contributed by atoms with van der Waals surface area (Å²) in [5.41, 5.74) is 4.80. The third-order valence-corrected chi connectivity index (χ3v) is 11.6. The van der Waals surface area contributed by atoms with Crippen molar-refractivity contribution in [2.75, 3.05) is 34.4 Å². The average Bonchev–Trinajstić information content (AvgIpc) is 3.13. The van der Waals surface area contributed by atoms with Crippen molar-refractivity contribution in [2.24, 2.45) is 0 Å². The molecule has 12 heteroatoms. The van der Waals surface area contributed by atoms with Gasteiger partial charge in [0.15, 0.2) is 23.0 Å². The van der Waals surface area contributed by atoms with E-state index in [-0.39, 0.29) is 42.8 Å². The number of amides is 2. The van der Waals surface area contributed by atoms with Crippen LogP contribution < -0.4 is 20.1 Å². The van der Waals surface area contributed by atoms with Gasteiger partial charge in [-0.3, -0.25) is 14.6 Å². The summed E-state index contributed by atoms with van der Waals surface area (Å²) in [7, 11) is 5.04. The quantitative estimate of drug-likeness (QED) is 0.112. The zero-order valence-electron chi connectivity index (χ0n) is 33.0. The fourth-order valence-corrected chi connectivity index (χ4v) is 8.97. The lowest BCUT2D eigenvalue weighted by Gasteiger charge is -2.60. The maximum Gasteiger partial charge on any atom is 0.408 e. The molecule has 2 aromatic rings. The van der Waals surface area contributed by atoms with Crippen molar-refractivity contribution in [1.82, 2.24) is 20.4 Å². The minimum atomic E-state index is -0.910. The number of phenols is 2. The third kappa shape index (κ3) is 8.27. The smallest absolute Gasteiger partial charge is 0.408 e. The van der Waals surface area contributed by atoms with E-state index in [2.05, 4.69) is 33.4 Å². The number of phenolic OH excluding ortho intramolecular Hbond substituents is 2. The van der Waals surface area contributed by atoms with Gasteiger partial charge in [0.05, 0.1) is 32.4 Å². The first kappa shape index (κ1) is 40.7. The minimum absolute atomic E-state index is 0.0266. The second-order valence-electron chi connectivity index (χ2n) is 15.1. The number of fused-ring (bicyclic) bond motifs is 7. The molecule has 2 aromatic carbocycles. The van der Waals surface area contributed by atoms with Crippen LogP contribution in [0.4, 0.5) is 4.79 Å². The van der Waals surface area contributed by atoms with Crippen LogP contribution >= 0.6 is 0 Å². The largest absolute Gasteiger partial charge is 0.504 e. The van der Waals surface area contributed by atoms with Crippen LogP contribution in [0.2, 0.25) is 0 Å². The highest BCUT2D eigenvalue weighted by Crippen LogP contribution is 2.55. The third-order valence-electron chi connectivity index (χ3n) is 11.6. The van der Waals surface area contributed by atoms with E-state index >= 15 is 0 Å². The highest BCUT2D eigenvalue weighted by Gasteiger charge is 2.56. The molecule has 3 aliphatic heterocycles. The molecule has 1 saturated heterocycles. The van der Waals surface area contributed by atoms with E-state index in [1.807, 2.05) is 45.2 Å². The predicted molar refractivity (Wildman–Crippen MR) is 207 cm³/mol. The van der Waals surface area contributed by atoms with Gasteiger partial charge in [0, 0.05) is 29.8 Å². The van der Waals surface area contributed by atoms with Crippen LogP contribution in [0, 0.1) is 25.2 Å². The molecule has 3 aliphatic rings. The second-order valence-corrected chi connectivity index (χ2v) is 15.1. The first-order chi connectivity index (χ1) is 26.0. The van der Waals surface area contributed by atoms with Gasteiger partial charge < -0.3 is 35.1 Å². The van der Waals surface area contributed by atoms with Gasteiger partial charge in [-0.15, -0.1) is 0 Å². The number of hydrogen-bond acceptors (Lipinski definition) is 10. The number of rotatable bonds is 16. The van der Waals surface area contributed by atoms with Crippen LogP contribution in [0.3, 0.4) is 0 Å². The van der Waals surface area contributed by atoms with E-state index in [4.69, 9.17) is 14.2 Å². The van der Waals surface area contributed by atoms with Crippen molar-refractivity contribution >= 4 is 12.0 Å². The second kappa shape index (κ2) is 18.2. The van der Waals surface area contributed by atoms with E-state index in [1.54, 1.807) is 14.0 Å². The van der Waals surface area contributed by atoms with E-state index in [9.17, 15) is 25.1 Å². The summed E-state index contributed by atoms with van der Waals surface area (Å²) in [6.45, 7) is 7.74. The molecule has 4 N–H and O–H groups in total. The standard InChI is InChI=1S/C42H59N5O7/c1-8-9-10-11-12-13-14-15-16-17-18-54-42(51)45-27(4)41(50)44-24-33-34-28(19-25(2)39(52-6)37(34)48)22-31-36-35-29(20-26(3)40(53-7)38(35)49)21-30(46(36)5)32(23-43)47(31)33/h16-17,19-20,27,30-33,36,48-49H,8-15,18,21-22,24H2,1-7H3,(H,44,50)(H,45,51)/b17-16+/t27-,30-,31-,32-,33-,36-/m0/s1. The number of methoxy groups -OCH3 is 2. The van der Waals surface area contributed by atoms with Gasteiger partial charge in [-0.05, 0) is 75.8 Å². The number of allylic oxidation sites excluding steroid dienone is 1. The number of benzene rings is 2. The zero-order valence-corrected chi connectivity index (χ0v) is 33.0. The molecular weight excluding hydrogens is 686 g/mol. The molecule has 0 aromatic heterocycles. The summed E-state index contributed by atoms with van der Waals surface area (Å²) in [6, 6.07) is 3.62. The summed E-state index contributed by atoms with van der Waals surface area (Å²) in [6.07, 6.45) is 13.8. The molecule has 1 fully saturated rings. The highest BCUT2D eigenvalue weighted by atomic mass is 16.5. The Kier molecular flexibility index (Phi) is 13.8. The molecule has 6 atom stereocenters.